The molecule has 2 amide bonds. The Morgan fingerprint density at radius 2 is 1.78 bits per heavy atom. The van der Waals surface area contributed by atoms with Crippen LogP contribution in [0.2, 0.25) is 0 Å². The van der Waals surface area contributed by atoms with Gasteiger partial charge in [-0.25, -0.2) is 4.79 Å². The molecule has 0 spiro atoms. The number of esters is 1. The highest BCUT2D eigenvalue weighted by atomic mass is 16.5. The van der Waals surface area contributed by atoms with Crippen LogP contribution in [0.25, 0.3) is 0 Å². The Hall–Kier alpha value is -2.47. The van der Waals surface area contributed by atoms with Crippen molar-refractivity contribution in [3.8, 4) is 0 Å². The summed E-state index contributed by atoms with van der Waals surface area (Å²) in [5.41, 5.74) is 0.476. The number of fused-ring (bicyclic) bond motifs is 1. The maximum Gasteiger partial charge on any atom is 0.338 e. The number of piperidine rings is 1. The summed E-state index contributed by atoms with van der Waals surface area (Å²) in [6, 6.07) is 4.32. The minimum atomic E-state index is -0.541. The first-order valence-electron chi connectivity index (χ1n) is 9.14. The molecule has 2 aliphatic rings. The van der Waals surface area contributed by atoms with Crippen LogP contribution in [0.5, 0.6) is 0 Å². The number of rotatable bonds is 4. The first-order chi connectivity index (χ1) is 12.5. The highest BCUT2D eigenvalue weighted by Crippen LogP contribution is 2.36. The predicted octanol–water partition coefficient (Wildman–Crippen LogP) is 2.93. The molecule has 3 rings (SSSR count). The zero-order chi connectivity index (χ0) is 20.0. The van der Waals surface area contributed by atoms with Crippen LogP contribution in [0.4, 0.5) is 0 Å². The van der Waals surface area contributed by atoms with Gasteiger partial charge in [0.25, 0.3) is 11.8 Å². The van der Waals surface area contributed by atoms with E-state index >= 15 is 0 Å². The molecule has 144 valence electrons. The van der Waals surface area contributed by atoms with Gasteiger partial charge < -0.3 is 10.1 Å². The second-order valence-corrected chi connectivity index (χ2v) is 8.58. The maximum atomic E-state index is 13.0. The van der Waals surface area contributed by atoms with Gasteiger partial charge in [0, 0.05) is 17.1 Å². The molecule has 0 radical (unpaired) electrons. The van der Waals surface area contributed by atoms with E-state index < -0.39 is 5.97 Å². The fraction of sp³-hybridized carbons (Fsp3) is 0.476. The average molecular weight is 370 g/mol. The number of ether oxygens (including phenoxy) is 1. The van der Waals surface area contributed by atoms with E-state index in [-0.39, 0.29) is 46.7 Å². The van der Waals surface area contributed by atoms with Gasteiger partial charge in [0.1, 0.15) is 6.61 Å². The standard InChI is InChI=1S/C21H26N2O4/c1-6-9-27-19(26)13-7-8-15-16(10-13)18(25)23(17(15)24)14-11-20(2,3)22-21(4,5)12-14/h6-8,10,14,22H,1,9,11-12H2,2-5H3. The van der Waals surface area contributed by atoms with E-state index in [9.17, 15) is 14.4 Å². The second kappa shape index (κ2) is 6.60. The molecule has 0 atom stereocenters. The molecule has 2 aliphatic heterocycles. The lowest BCUT2D eigenvalue weighted by molar-refractivity contribution is 0.0412. The molecule has 1 saturated heterocycles. The van der Waals surface area contributed by atoms with Crippen LogP contribution in [-0.4, -0.2) is 46.4 Å². The van der Waals surface area contributed by atoms with Crippen LogP contribution in [0.1, 0.15) is 71.6 Å². The Balaban J connectivity index is 1.90. The molecule has 1 N–H and O–H groups in total. The molecular formula is C21H26N2O4. The van der Waals surface area contributed by atoms with Crippen LogP contribution < -0.4 is 5.32 Å². The number of nitrogens with one attached hydrogen (secondary N) is 1. The Bertz CT molecular complexity index is 809. The van der Waals surface area contributed by atoms with Crippen molar-refractivity contribution in [2.45, 2.75) is 57.7 Å². The van der Waals surface area contributed by atoms with Crippen LogP contribution >= 0.6 is 0 Å². The molecule has 1 fully saturated rings. The van der Waals surface area contributed by atoms with E-state index in [4.69, 9.17) is 4.74 Å². The van der Waals surface area contributed by atoms with Gasteiger partial charge in [0.05, 0.1) is 16.7 Å². The zero-order valence-corrected chi connectivity index (χ0v) is 16.3. The lowest BCUT2D eigenvalue weighted by atomic mass is 9.79. The third-order valence-electron chi connectivity index (χ3n) is 5.02. The Morgan fingerprint density at radius 1 is 1.19 bits per heavy atom. The third-order valence-corrected chi connectivity index (χ3v) is 5.02. The number of hydrogen-bond donors (Lipinski definition) is 1. The van der Waals surface area contributed by atoms with Crippen molar-refractivity contribution in [3.63, 3.8) is 0 Å². The summed E-state index contributed by atoms with van der Waals surface area (Å²) in [7, 11) is 0. The number of nitrogens with zero attached hydrogens (tertiary/aromatic N) is 1. The average Bonchev–Trinajstić information content (AvgIpc) is 2.80. The normalized spacial score (nSPS) is 21.1. The molecule has 0 aromatic heterocycles. The summed E-state index contributed by atoms with van der Waals surface area (Å²) in [5.74, 6) is -1.17. The number of hydrogen-bond acceptors (Lipinski definition) is 5. The minimum Gasteiger partial charge on any atom is -0.458 e. The van der Waals surface area contributed by atoms with Crippen LogP contribution in [0.15, 0.2) is 30.9 Å². The van der Waals surface area contributed by atoms with E-state index in [1.807, 2.05) is 0 Å². The van der Waals surface area contributed by atoms with Crippen molar-refractivity contribution in [1.82, 2.24) is 10.2 Å². The van der Waals surface area contributed by atoms with E-state index in [2.05, 4.69) is 39.6 Å². The third kappa shape index (κ3) is 3.67. The molecular weight excluding hydrogens is 344 g/mol. The Morgan fingerprint density at radius 3 is 2.37 bits per heavy atom. The van der Waals surface area contributed by atoms with Gasteiger partial charge in [-0.15, -0.1) is 0 Å². The predicted molar refractivity (Wildman–Crippen MR) is 102 cm³/mol. The summed E-state index contributed by atoms with van der Waals surface area (Å²) >= 11 is 0. The summed E-state index contributed by atoms with van der Waals surface area (Å²) in [4.78, 5) is 39.4. The quantitative estimate of drug-likeness (QED) is 0.501. The highest BCUT2D eigenvalue weighted by molar-refractivity contribution is 6.22. The summed E-state index contributed by atoms with van der Waals surface area (Å²) in [6.07, 6.45) is 2.83. The van der Waals surface area contributed by atoms with Crippen molar-refractivity contribution < 1.29 is 19.1 Å². The van der Waals surface area contributed by atoms with Gasteiger partial charge in [-0.1, -0.05) is 12.7 Å². The number of imide groups is 1. The molecule has 0 aliphatic carbocycles. The van der Waals surface area contributed by atoms with E-state index in [1.165, 1.54) is 29.2 Å². The topological polar surface area (TPSA) is 75.7 Å². The molecule has 6 heteroatoms. The number of carbonyl (C=O) groups is 3. The SMILES string of the molecule is C=CCOC(=O)c1ccc2c(c1)C(=O)N(C1CC(C)(C)NC(C)(C)C1)C2=O. The van der Waals surface area contributed by atoms with Crippen LogP contribution in [-0.2, 0) is 4.74 Å². The van der Waals surface area contributed by atoms with Crippen molar-refractivity contribution in [3.05, 3.63) is 47.5 Å². The van der Waals surface area contributed by atoms with Crippen molar-refractivity contribution in [2.24, 2.45) is 0 Å². The highest BCUT2D eigenvalue weighted by Gasteiger charge is 2.47. The fourth-order valence-corrected chi connectivity index (χ4v) is 4.39. The number of amides is 2. The van der Waals surface area contributed by atoms with Gasteiger partial charge in [-0.3, -0.25) is 14.5 Å². The molecule has 0 saturated carbocycles. The van der Waals surface area contributed by atoms with E-state index in [0.29, 0.717) is 18.4 Å². The van der Waals surface area contributed by atoms with Gasteiger partial charge in [0.2, 0.25) is 0 Å². The number of carbonyl (C=O) groups excluding carboxylic acids is 3. The van der Waals surface area contributed by atoms with E-state index in [1.54, 1.807) is 0 Å². The minimum absolute atomic E-state index is 0.0914. The van der Waals surface area contributed by atoms with Crippen molar-refractivity contribution in [1.29, 1.82) is 0 Å². The summed E-state index contributed by atoms with van der Waals surface area (Å²) in [6.45, 7) is 11.9. The number of benzene rings is 1. The molecule has 0 unspecified atom stereocenters. The molecule has 2 heterocycles. The molecule has 1 aromatic carbocycles. The largest absolute Gasteiger partial charge is 0.458 e. The van der Waals surface area contributed by atoms with E-state index in [0.717, 1.165) is 0 Å². The van der Waals surface area contributed by atoms with Gasteiger partial charge in [-0.05, 0) is 58.7 Å². The maximum absolute atomic E-state index is 13.0. The Kier molecular flexibility index (Phi) is 4.72. The molecule has 1 aromatic rings. The summed E-state index contributed by atoms with van der Waals surface area (Å²) < 4.78 is 5.02. The monoisotopic (exact) mass is 370 g/mol. The van der Waals surface area contributed by atoms with Gasteiger partial charge in [-0.2, -0.15) is 0 Å². The van der Waals surface area contributed by atoms with Gasteiger partial charge >= 0.3 is 5.97 Å². The molecule has 6 nitrogen and oxygen atoms in total. The molecule has 27 heavy (non-hydrogen) atoms. The molecule has 0 bridgehead atoms. The van der Waals surface area contributed by atoms with Crippen molar-refractivity contribution in [2.75, 3.05) is 6.61 Å². The zero-order valence-electron chi connectivity index (χ0n) is 16.3. The van der Waals surface area contributed by atoms with Gasteiger partial charge in [0.15, 0.2) is 0 Å². The first kappa shape index (κ1) is 19.3. The van der Waals surface area contributed by atoms with Crippen LogP contribution in [0, 0.1) is 0 Å². The first-order valence-corrected chi connectivity index (χ1v) is 9.14. The second-order valence-electron chi connectivity index (χ2n) is 8.58. The lowest BCUT2D eigenvalue weighted by Crippen LogP contribution is -2.62. The fourth-order valence-electron chi connectivity index (χ4n) is 4.39. The summed E-state index contributed by atoms with van der Waals surface area (Å²) in [5, 5.41) is 3.56. The Labute approximate surface area is 159 Å². The lowest BCUT2D eigenvalue weighted by Gasteiger charge is -2.48. The smallest absolute Gasteiger partial charge is 0.338 e. The van der Waals surface area contributed by atoms with Crippen molar-refractivity contribution >= 4 is 17.8 Å². The van der Waals surface area contributed by atoms with Crippen LogP contribution in [0.3, 0.4) is 0 Å².